The van der Waals surface area contributed by atoms with Crippen LogP contribution in [0.4, 0.5) is 5.69 Å². The zero-order valence-electron chi connectivity index (χ0n) is 13.2. The first-order chi connectivity index (χ1) is 11.0. The summed E-state index contributed by atoms with van der Waals surface area (Å²) in [5.74, 6) is -0.644. The van der Waals surface area contributed by atoms with Gasteiger partial charge in [0, 0.05) is 12.1 Å². The van der Waals surface area contributed by atoms with Gasteiger partial charge < -0.3 is 20.7 Å². The molecule has 0 saturated carbocycles. The minimum Gasteiger partial charge on any atom is -0.464 e. The van der Waals surface area contributed by atoms with Crippen LogP contribution in [0.3, 0.4) is 0 Å². The SMILES string of the molecule is CC(C)[C@H](NC(=S)Nc1ccccc1)C(=O)N[C@H]1CCOC1=O. The van der Waals surface area contributed by atoms with Crippen LogP contribution < -0.4 is 16.0 Å². The van der Waals surface area contributed by atoms with Crippen LogP contribution in [0, 0.1) is 5.92 Å². The minimum atomic E-state index is -0.568. The van der Waals surface area contributed by atoms with Crippen molar-refractivity contribution in [3.05, 3.63) is 30.3 Å². The van der Waals surface area contributed by atoms with Crippen LogP contribution in [0.1, 0.15) is 20.3 Å². The fourth-order valence-electron chi connectivity index (χ4n) is 2.25. The van der Waals surface area contributed by atoms with Crippen molar-refractivity contribution in [3.63, 3.8) is 0 Å². The molecule has 0 bridgehead atoms. The molecule has 1 amide bonds. The van der Waals surface area contributed by atoms with Crippen molar-refractivity contribution >= 4 is 34.9 Å². The Balaban J connectivity index is 1.93. The minimum absolute atomic E-state index is 0.00273. The zero-order valence-corrected chi connectivity index (χ0v) is 14.0. The van der Waals surface area contributed by atoms with E-state index < -0.39 is 12.1 Å². The highest BCUT2D eigenvalue weighted by Crippen LogP contribution is 2.09. The van der Waals surface area contributed by atoms with Gasteiger partial charge in [-0.2, -0.15) is 0 Å². The number of rotatable bonds is 5. The van der Waals surface area contributed by atoms with E-state index in [4.69, 9.17) is 17.0 Å². The van der Waals surface area contributed by atoms with Gasteiger partial charge in [-0.3, -0.25) is 4.79 Å². The summed E-state index contributed by atoms with van der Waals surface area (Å²) >= 11 is 5.26. The first-order valence-corrected chi connectivity index (χ1v) is 7.98. The van der Waals surface area contributed by atoms with Gasteiger partial charge in [-0.25, -0.2) is 4.79 Å². The lowest BCUT2D eigenvalue weighted by atomic mass is 10.0. The summed E-state index contributed by atoms with van der Waals surface area (Å²) in [5.41, 5.74) is 0.840. The summed E-state index contributed by atoms with van der Waals surface area (Å²) in [4.78, 5) is 23.9. The Bertz CT molecular complexity index is 577. The molecule has 1 aliphatic rings. The molecule has 7 heteroatoms. The van der Waals surface area contributed by atoms with Crippen molar-refractivity contribution in [2.45, 2.75) is 32.4 Å². The fraction of sp³-hybridized carbons (Fsp3) is 0.438. The number of nitrogens with one attached hydrogen (secondary N) is 3. The highest BCUT2D eigenvalue weighted by atomic mass is 32.1. The number of cyclic esters (lactones) is 1. The zero-order chi connectivity index (χ0) is 16.8. The molecule has 1 heterocycles. The molecule has 124 valence electrons. The largest absolute Gasteiger partial charge is 0.464 e. The standard InChI is InChI=1S/C16H21N3O3S/c1-10(2)13(14(20)18-12-8-9-22-15(12)21)19-16(23)17-11-6-4-3-5-7-11/h3-7,10,12-13H,8-9H2,1-2H3,(H,18,20)(H2,17,19,23)/t12-,13-/m0/s1. The normalized spacial score (nSPS) is 18.2. The molecular formula is C16H21N3O3S. The predicted octanol–water partition coefficient (Wildman–Crippen LogP) is 1.43. The van der Waals surface area contributed by atoms with Crippen LogP contribution in [0.25, 0.3) is 0 Å². The van der Waals surface area contributed by atoms with E-state index >= 15 is 0 Å². The molecule has 2 rings (SSSR count). The number of carbonyl (C=O) groups is 2. The van der Waals surface area contributed by atoms with E-state index in [1.807, 2.05) is 44.2 Å². The Labute approximate surface area is 141 Å². The maximum absolute atomic E-state index is 12.4. The number of para-hydroxylation sites is 1. The maximum Gasteiger partial charge on any atom is 0.328 e. The maximum atomic E-state index is 12.4. The number of thiocarbonyl (C=S) groups is 1. The fourth-order valence-corrected chi connectivity index (χ4v) is 2.50. The molecule has 1 aromatic carbocycles. The molecule has 0 aromatic heterocycles. The van der Waals surface area contributed by atoms with Gasteiger partial charge in [0.2, 0.25) is 5.91 Å². The van der Waals surface area contributed by atoms with Gasteiger partial charge in [0.25, 0.3) is 0 Å². The van der Waals surface area contributed by atoms with Crippen molar-refractivity contribution in [1.82, 2.24) is 10.6 Å². The Hall–Kier alpha value is -2.15. The molecule has 2 atom stereocenters. The molecule has 0 radical (unpaired) electrons. The van der Waals surface area contributed by atoms with E-state index in [9.17, 15) is 9.59 Å². The van der Waals surface area contributed by atoms with Crippen molar-refractivity contribution < 1.29 is 14.3 Å². The number of ether oxygens (including phenoxy) is 1. The van der Waals surface area contributed by atoms with Crippen LogP contribution in [-0.4, -0.2) is 35.7 Å². The van der Waals surface area contributed by atoms with E-state index in [1.54, 1.807) is 0 Å². The predicted molar refractivity (Wildman–Crippen MR) is 91.9 cm³/mol. The van der Waals surface area contributed by atoms with Crippen LogP contribution in [-0.2, 0) is 14.3 Å². The monoisotopic (exact) mass is 335 g/mol. The number of benzene rings is 1. The van der Waals surface area contributed by atoms with Crippen LogP contribution in [0.15, 0.2) is 30.3 Å². The average molecular weight is 335 g/mol. The van der Waals surface area contributed by atoms with Gasteiger partial charge >= 0.3 is 5.97 Å². The molecule has 3 N–H and O–H groups in total. The Kier molecular flexibility index (Phi) is 5.92. The van der Waals surface area contributed by atoms with E-state index in [-0.39, 0.29) is 17.8 Å². The van der Waals surface area contributed by atoms with Crippen molar-refractivity contribution in [2.75, 3.05) is 11.9 Å². The Morgan fingerprint density at radius 1 is 1.30 bits per heavy atom. The molecule has 0 spiro atoms. The first-order valence-electron chi connectivity index (χ1n) is 7.57. The first kappa shape index (κ1) is 17.2. The van der Waals surface area contributed by atoms with E-state index in [0.717, 1.165) is 5.69 Å². The van der Waals surface area contributed by atoms with Gasteiger partial charge in [-0.05, 0) is 30.3 Å². The lowest BCUT2D eigenvalue weighted by molar-refractivity contribution is -0.141. The molecule has 1 fully saturated rings. The van der Waals surface area contributed by atoms with Crippen molar-refractivity contribution in [2.24, 2.45) is 5.92 Å². The Morgan fingerprint density at radius 3 is 2.57 bits per heavy atom. The van der Waals surface area contributed by atoms with Crippen molar-refractivity contribution in [1.29, 1.82) is 0 Å². The molecule has 0 aliphatic carbocycles. The van der Waals surface area contributed by atoms with Crippen LogP contribution >= 0.6 is 12.2 Å². The summed E-state index contributed by atoms with van der Waals surface area (Å²) in [7, 11) is 0. The molecular weight excluding hydrogens is 314 g/mol. The highest BCUT2D eigenvalue weighted by Gasteiger charge is 2.31. The second kappa shape index (κ2) is 7.92. The Morgan fingerprint density at radius 2 is 2.00 bits per heavy atom. The molecule has 1 aliphatic heterocycles. The van der Waals surface area contributed by atoms with Gasteiger partial charge in [-0.15, -0.1) is 0 Å². The number of hydrogen-bond acceptors (Lipinski definition) is 4. The summed E-state index contributed by atoms with van der Waals surface area (Å²) in [6.07, 6.45) is 0.502. The highest BCUT2D eigenvalue weighted by molar-refractivity contribution is 7.80. The topological polar surface area (TPSA) is 79.5 Å². The lowest BCUT2D eigenvalue weighted by Crippen LogP contribution is -2.53. The van der Waals surface area contributed by atoms with Crippen LogP contribution in [0.5, 0.6) is 0 Å². The summed E-state index contributed by atoms with van der Waals surface area (Å²) in [6.45, 7) is 4.17. The number of carbonyl (C=O) groups excluding carboxylic acids is 2. The molecule has 1 saturated heterocycles. The van der Waals surface area contributed by atoms with Gasteiger partial charge in [0.1, 0.15) is 12.1 Å². The third-order valence-electron chi connectivity index (χ3n) is 3.52. The number of amides is 1. The number of anilines is 1. The van der Waals surface area contributed by atoms with E-state index in [1.165, 1.54) is 0 Å². The second-order valence-corrected chi connectivity index (χ2v) is 6.11. The second-order valence-electron chi connectivity index (χ2n) is 5.70. The van der Waals surface area contributed by atoms with Gasteiger partial charge in [0.05, 0.1) is 6.61 Å². The van der Waals surface area contributed by atoms with E-state index in [0.29, 0.717) is 18.1 Å². The average Bonchev–Trinajstić information content (AvgIpc) is 2.90. The summed E-state index contributed by atoms with van der Waals surface area (Å²) in [6, 6.07) is 8.35. The van der Waals surface area contributed by atoms with Gasteiger partial charge in [-0.1, -0.05) is 32.0 Å². The summed E-state index contributed by atoms with van der Waals surface area (Å²) in [5, 5.41) is 9.12. The third-order valence-corrected chi connectivity index (χ3v) is 3.74. The lowest BCUT2D eigenvalue weighted by Gasteiger charge is -2.24. The summed E-state index contributed by atoms with van der Waals surface area (Å²) < 4.78 is 4.85. The number of esters is 1. The van der Waals surface area contributed by atoms with Gasteiger partial charge in [0.15, 0.2) is 5.11 Å². The smallest absolute Gasteiger partial charge is 0.328 e. The number of hydrogen-bond donors (Lipinski definition) is 3. The van der Waals surface area contributed by atoms with E-state index in [2.05, 4.69) is 16.0 Å². The quantitative estimate of drug-likeness (QED) is 0.558. The molecule has 0 unspecified atom stereocenters. The molecule has 23 heavy (non-hydrogen) atoms. The van der Waals surface area contributed by atoms with Crippen LogP contribution in [0.2, 0.25) is 0 Å². The van der Waals surface area contributed by atoms with Crippen molar-refractivity contribution in [3.8, 4) is 0 Å². The molecule has 6 nitrogen and oxygen atoms in total. The molecule has 1 aromatic rings. The third kappa shape index (κ3) is 4.92.